The van der Waals surface area contributed by atoms with Crippen LogP contribution >= 0.6 is 0 Å². The van der Waals surface area contributed by atoms with Crippen LogP contribution in [0, 0.1) is 0 Å². The number of benzene rings is 1. The predicted molar refractivity (Wildman–Crippen MR) is 85.9 cm³/mol. The minimum atomic E-state index is -1.26. The van der Waals surface area contributed by atoms with Crippen LogP contribution in [0.25, 0.3) is 10.4 Å². The van der Waals surface area contributed by atoms with Crippen molar-refractivity contribution in [3.63, 3.8) is 0 Å². The minimum absolute atomic E-state index is 0.182. The monoisotopic (exact) mass is 332 g/mol. The Morgan fingerprint density at radius 1 is 1.42 bits per heavy atom. The average Bonchev–Trinajstić information content (AvgIpc) is 2.60. The van der Waals surface area contributed by atoms with Crippen molar-refractivity contribution >= 4 is 12.1 Å². The molecule has 0 N–H and O–H groups in total. The number of likely N-dealkylation sites (tertiary alicyclic amines) is 1. The summed E-state index contributed by atoms with van der Waals surface area (Å²) in [6.45, 7) is 2.22. The summed E-state index contributed by atoms with van der Waals surface area (Å²) in [5.41, 5.74) is 8.38. The van der Waals surface area contributed by atoms with Gasteiger partial charge in [0.1, 0.15) is 12.1 Å². The Morgan fingerprint density at radius 2 is 2.12 bits per heavy atom. The molecule has 8 heteroatoms. The van der Waals surface area contributed by atoms with Crippen molar-refractivity contribution < 1.29 is 19.1 Å². The van der Waals surface area contributed by atoms with Gasteiger partial charge in [-0.1, -0.05) is 35.4 Å². The third-order valence-corrected chi connectivity index (χ3v) is 4.17. The second-order valence-electron chi connectivity index (χ2n) is 5.75. The zero-order chi connectivity index (χ0) is 17.6. The summed E-state index contributed by atoms with van der Waals surface area (Å²) in [5, 5.41) is 3.65. The number of piperidine rings is 1. The molecular formula is C16H20N4O4. The van der Waals surface area contributed by atoms with E-state index in [4.69, 9.17) is 15.0 Å². The molecule has 1 aliphatic heterocycles. The van der Waals surface area contributed by atoms with E-state index in [1.807, 2.05) is 30.3 Å². The summed E-state index contributed by atoms with van der Waals surface area (Å²) in [7, 11) is 1.25. The maximum absolute atomic E-state index is 12.3. The van der Waals surface area contributed by atoms with Gasteiger partial charge in [0, 0.05) is 17.5 Å². The third kappa shape index (κ3) is 3.78. The highest BCUT2D eigenvalue weighted by Gasteiger charge is 2.46. The van der Waals surface area contributed by atoms with Gasteiger partial charge in [0.2, 0.25) is 0 Å². The summed E-state index contributed by atoms with van der Waals surface area (Å²) in [4.78, 5) is 28.6. The van der Waals surface area contributed by atoms with Crippen molar-refractivity contribution in [2.45, 2.75) is 38.0 Å². The molecule has 0 aliphatic carbocycles. The molecule has 0 bridgehead atoms. The van der Waals surface area contributed by atoms with Crippen LogP contribution in [0.3, 0.4) is 0 Å². The lowest BCUT2D eigenvalue weighted by Gasteiger charge is -2.40. The lowest BCUT2D eigenvalue weighted by atomic mass is 9.84. The van der Waals surface area contributed by atoms with Crippen molar-refractivity contribution in [1.29, 1.82) is 0 Å². The Labute approximate surface area is 140 Å². The Bertz CT molecular complexity index is 645. The molecule has 1 saturated heterocycles. The Kier molecular flexibility index (Phi) is 5.65. The zero-order valence-corrected chi connectivity index (χ0v) is 13.7. The van der Waals surface area contributed by atoms with Gasteiger partial charge in [-0.25, -0.2) is 4.79 Å². The number of nitrogens with zero attached hydrogens (tertiary/aromatic N) is 4. The van der Waals surface area contributed by atoms with Gasteiger partial charge in [0.25, 0.3) is 0 Å². The lowest BCUT2D eigenvalue weighted by Crippen LogP contribution is -2.54. The van der Waals surface area contributed by atoms with Crippen LogP contribution in [-0.4, -0.2) is 42.2 Å². The maximum Gasteiger partial charge on any atom is 0.410 e. The van der Waals surface area contributed by atoms with Crippen molar-refractivity contribution in [3.05, 3.63) is 46.3 Å². The molecule has 1 heterocycles. The SMILES string of the molecule is COC(=O)C1(N=[N+]=[N-])CCN(C(=O)OCc2ccccc2)C(C)C1. The van der Waals surface area contributed by atoms with Crippen molar-refractivity contribution in [1.82, 2.24) is 4.90 Å². The summed E-state index contributed by atoms with van der Waals surface area (Å²) in [6.07, 6.45) is -0.0515. The van der Waals surface area contributed by atoms with Crippen LogP contribution < -0.4 is 0 Å². The number of hydrogen-bond donors (Lipinski definition) is 0. The first-order valence-electron chi connectivity index (χ1n) is 7.64. The fourth-order valence-electron chi connectivity index (χ4n) is 2.89. The quantitative estimate of drug-likeness (QED) is 0.366. The highest BCUT2D eigenvalue weighted by Crippen LogP contribution is 2.32. The van der Waals surface area contributed by atoms with Crippen molar-refractivity contribution in [3.8, 4) is 0 Å². The molecule has 2 unspecified atom stereocenters. The summed E-state index contributed by atoms with van der Waals surface area (Å²) in [6, 6.07) is 9.06. The number of hydrogen-bond acceptors (Lipinski definition) is 5. The number of ether oxygens (including phenoxy) is 2. The number of carbonyl (C=O) groups is 2. The number of amides is 1. The maximum atomic E-state index is 12.3. The third-order valence-electron chi connectivity index (χ3n) is 4.17. The second kappa shape index (κ2) is 7.70. The number of methoxy groups -OCH3 is 1. The van der Waals surface area contributed by atoms with Gasteiger partial charge in [0.05, 0.1) is 7.11 Å². The normalized spacial score (nSPS) is 23.1. The molecule has 0 aromatic heterocycles. The predicted octanol–water partition coefficient (Wildman–Crippen LogP) is 3.03. The first-order valence-corrected chi connectivity index (χ1v) is 7.64. The molecule has 2 rings (SSSR count). The van der Waals surface area contributed by atoms with Crippen LogP contribution in [-0.2, 0) is 20.9 Å². The Balaban J connectivity index is 2.00. The van der Waals surface area contributed by atoms with Crippen LogP contribution in [0.2, 0.25) is 0 Å². The lowest BCUT2D eigenvalue weighted by molar-refractivity contribution is -0.149. The zero-order valence-electron chi connectivity index (χ0n) is 13.7. The fraction of sp³-hybridized carbons (Fsp3) is 0.500. The molecule has 1 aromatic carbocycles. The van der Waals surface area contributed by atoms with E-state index in [0.29, 0.717) is 0 Å². The number of esters is 1. The van der Waals surface area contributed by atoms with Gasteiger partial charge in [0.15, 0.2) is 0 Å². The van der Waals surface area contributed by atoms with E-state index < -0.39 is 17.6 Å². The largest absolute Gasteiger partial charge is 0.468 e. The van der Waals surface area contributed by atoms with E-state index in [2.05, 4.69) is 10.0 Å². The van der Waals surface area contributed by atoms with Gasteiger partial charge < -0.3 is 14.4 Å². The van der Waals surface area contributed by atoms with E-state index in [9.17, 15) is 9.59 Å². The van der Waals surface area contributed by atoms with Crippen LogP contribution in [0.1, 0.15) is 25.3 Å². The first-order chi connectivity index (χ1) is 11.5. The molecule has 0 saturated carbocycles. The molecule has 1 aromatic rings. The molecule has 1 aliphatic rings. The van der Waals surface area contributed by atoms with Crippen molar-refractivity contribution in [2.24, 2.45) is 5.11 Å². The fourth-order valence-corrected chi connectivity index (χ4v) is 2.89. The van der Waals surface area contributed by atoms with E-state index in [1.165, 1.54) is 12.0 Å². The molecular weight excluding hydrogens is 312 g/mol. The first kappa shape index (κ1) is 17.6. The highest BCUT2D eigenvalue weighted by atomic mass is 16.6. The minimum Gasteiger partial charge on any atom is -0.468 e. The molecule has 0 radical (unpaired) electrons. The molecule has 1 amide bonds. The molecule has 1 fully saturated rings. The summed E-state index contributed by atoms with van der Waals surface area (Å²) in [5.74, 6) is -0.579. The van der Waals surface area contributed by atoms with E-state index in [0.717, 1.165) is 5.56 Å². The van der Waals surface area contributed by atoms with Crippen LogP contribution in [0.5, 0.6) is 0 Å². The number of carbonyl (C=O) groups excluding carboxylic acids is 2. The summed E-state index contributed by atoms with van der Waals surface area (Å²) >= 11 is 0. The molecule has 128 valence electrons. The Hall–Kier alpha value is -2.73. The molecule has 24 heavy (non-hydrogen) atoms. The van der Waals surface area contributed by atoms with E-state index in [1.54, 1.807) is 6.92 Å². The molecule has 8 nitrogen and oxygen atoms in total. The average molecular weight is 332 g/mol. The van der Waals surface area contributed by atoms with Crippen LogP contribution in [0.4, 0.5) is 4.79 Å². The number of azide groups is 1. The van der Waals surface area contributed by atoms with Crippen molar-refractivity contribution in [2.75, 3.05) is 13.7 Å². The van der Waals surface area contributed by atoms with Gasteiger partial charge >= 0.3 is 12.1 Å². The van der Waals surface area contributed by atoms with Gasteiger partial charge in [-0.05, 0) is 30.9 Å². The Morgan fingerprint density at radius 3 is 2.71 bits per heavy atom. The van der Waals surface area contributed by atoms with Gasteiger partial charge in [-0.15, -0.1) is 0 Å². The standard InChI is InChI=1S/C16H20N4O4/c1-12-10-16(18-19-17,14(21)23-2)8-9-20(12)15(22)24-11-13-6-4-3-5-7-13/h3-7,12H,8-11H2,1-2H3. The second-order valence-corrected chi connectivity index (χ2v) is 5.75. The highest BCUT2D eigenvalue weighted by molar-refractivity contribution is 5.81. The summed E-state index contributed by atoms with van der Waals surface area (Å²) < 4.78 is 10.1. The smallest absolute Gasteiger partial charge is 0.410 e. The van der Waals surface area contributed by atoms with E-state index >= 15 is 0 Å². The van der Waals surface area contributed by atoms with Gasteiger partial charge in [-0.3, -0.25) is 4.79 Å². The topological polar surface area (TPSA) is 105 Å². The number of rotatable bonds is 4. The van der Waals surface area contributed by atoms with E-state index in [-0.39, 0.29) is 32.0 Å². The van der Waals surface area contributed by atoms with Gasteiger partial charge in [-0.2, -0.15) is 0 Å². The molecule has 2 atom stereocenters. The van der Waals surface area contributed by atoms with Crippen LogP contribution in [0.15, 0.2) is 35.4 Å². The molecule has 0 spiro atoms.